The molecule has 2 rings (SSSR count). The predicted octanol–water partition coefficient (Wildman–Crippen LogP) is 3.40. The number of esters is 1. The van der Waals surface area contributed by atoms with Crippen molar-refractivity contribution in [2.45, 2.75) is 17.9 Å². The van der Waals surface area contributed by atoms with Crippen LogP contribution in [0.2, 0.25) is 15.1 Å². The van der Waals surface area contributed by atoms with E-state index in [0.717, 1.165) is 12.1 Å². The molecule has 0 aliphatic carbocycles. The van der Waals surface area contributed by atoms with Gasteiger partial charge in [0.15, 0.2) is 6.61 Å². The second kappa shape index (κ2) is 10.2. The first-order chi connectivity index (χ1) is 14.4. The van der Waals surface area contributed by atoms with Crippen molar-refractivity contribution in [1.82, 2.24) is 4.72 Å². The number of nitro benzene ring substituents is 1. The average Bonchev–Trinajstić information content (AvgIpc) is 2.68. The van der Waals surface area contributed by atoms with Crippen LogP contribution in [0.5, 0.6) is 0 Å². The summed E-state index contributed by atoms with van der Waals surface area (Å²) in [6.07, 6.45) is 0. The lowest BCUT2D eigenvalue weighted by atomic mass is 10.2. The minimum Gasteiger partial charge on any atom is -0.454 e. The first-order valence-corrected chi connectivity index (χ1v) is 10.9. The zero-order chi connectivity index (χ0) is 23.3. The molecule has 1 atom stereocenters. The number of nitro groups is 1. The highest BCUT2D eigenvalue weighted by atomic mass is 35.5. The van der Waals surface area contributed by atoms with Gasteiger partial charge in [0.1, 0.15) is 11.7 Å². The Kier molecular flexibility index (Phi) is 8.21. The normalized spacial score (nSPS) is 12.1. The summed E-state index contributed by atoms with van der Waals surface area (Å²) in [6.45, 7) is 0.400. The van der Waals surface area contributed by atoms with Crippen molar-refractivity contribution in [3.63, 3.8) is 0 Å². The number of sulfonamides is 1. The molecule has 0 bridgehead atoms. The van der Waals surface area contributed by atoms with Gasteiger partial charge in [-0.15, -0.1) is 0 Å². The number of hydrogen-bond donors (Lipinski definition) is 2. The van der Waals surface area contributed by atoms with E-state index in [4.69, 9.17) is 39.5 Å². The Morgan fingerprint density at radius 1 is 1.13 bits per heavy atom. The number of halogens is 3. The van der Waals surface area contributed by atoms with Gasteiger partial charge in [-0.2, -0.15) is 4.72 Å². The van der Waals surface area contributed by atoms with E-state index in [-0.39, 0.29) is 25.7 Å². The van der Waals surface area contributed by atoms with Gasteiger partial charge < -0.3 is 10.1 Å². The molecule has 0 aliphatic rings. The molecule has 1 unspecified atom stereocenters. The predicted molar refractivity (Wildman–Crippen MR) is 114 cm³/mol. The van der Waals surface area contributed by atoms with Gasteiger partial charge in [0.25, 0.3) is 11.6 Å². The first-order valence-electron chi connectivity index (χ1n) is 8.28. The van der Waals surface area contributed by atoms with Crippen LogP contribution in [0.4, 0.5) is 11.4 Å². The lowest BCUT2D eigenvalue weighted by Crippen LogP contribution is -2.40. The quantitative estimate of drug-likeness (QED) is 0.314. The molecule has 0 aromatic heterocycles. The average molecular weight is 511 g/mol. The van der Waals surface area contributed by atoms with Gasteiger partial charge >= 0.3 is 5.97 Å². The summed E-state index contributed by atoms with van der Waals surface area (Å²) < 4.78 is 31.5. The number of hydrogen-bond acceptors (Lipinski definition) is 7. The van der Waals surface area contributed by atoms with Crippen LogP contribution < -0.4 is 10.0 Å². The van der Waals surface area contributed by atoms with Crippen LogP contribution in [0, 0.1) is 10.1 Å². The fourth-order valence-electron chi connectivity index (χ4n) is 2.20. The van der Waals surface area contributed by atoms with Crippen molar-refractivity contribution in [2.24, 2.45) is 0 Å². The van der Waals surface area contributed by atoms with Gasteiger partial charge in [0.2, 0.25) is 10.0 Å². The second-order valence-corrected chi connectivity index (χ2v) is 8.96. The zero-order valence-electron chi connectivity index (χ0n) is 15.6. The van der Waals surface area contributed by atoms with Crippen LogP contribution >= 0.6 is 34.8 Å². The molecule has 14 heteroatoms. The molecule has 0 saturated carbocycles. The third kappa shape index (κ3) is 6.77. The molecule has 1 amide bonds. The first kappa shape index (κ1) is 24.8. The molecule has 0 heterocycles. The number of carbonyl (C=O) groups is 2. The summed E-state index contributed by atoms with van der Waals surface area (Å²) >= 11 is 17.2. The number of nitrogens with one attached hydrogen (secondary N) is 2. The summed E-state index contributed by atoms with van der Waals surface area (Å²) in [5, 5.41) is 13.5. The van der Waals surface area contributed by atoms with Crippen molar-refractivity contribution in [2.75, 3.05) is 11.9 Å². The Hall–Kier alpha value is -2.44. The van der Waals surface area contributed by atoms with E-state index in [0.29, 0.717) is 0 Å². The summed E-state index contributed by atoms with van der Waals surface area (Å²) in [7, 11) is -4.13. The van der Waals surface area contributed by atoms with E-state index in [1.54, 1.807) is 0 Å². The maximum atomic E-state index is 12.3. The number of rotatable bonds is 8. The van der Waals surface area contributed by atoms with Gasteiger partial charge in [0, 0.05) is 11.1 Å². The molecule has 0 fully saturated rings. The molecule has 0 spiro atoms. The van der Waals surface area contributed by atoms with E-state index in [1.807, 2.05) is 0 Å². The van der Waals surface area contributed by atoms with Crippen LogP contribution in [0.3, 0.4) is 0 Å². The second-order valence-electron chi connectivity index (χ2n) is 5.99. The topological polar surface area (TPSA) is 145 Å². The Morgan fingerprint density at radius 2 is 1.81 bits per heavy atom. The largest absolute Gasteiger partial charge is 0.454 e. The molecular formula is C17H14Cl3N3O7S. The molecule has 2 aromatic rings. The maximum Gasteiger partial charge on any atom is 0.324 e. The minimum absolute atomic E-state index is 0.00716. The SMILES string of the molecule is CC(NS(=O)(=O)c1ccc(Cl)c(Cl)c1)C(=O)OCC(=O)Nc1ccc(Cl)cc1[N+](=O)[O-]. The standard InChI is InChI=1S/C17H14Cl3N3O7S/c1-9(22-31(28,29)11-3-4-12(19)13(20)7-11)17(25)30-8-16(24)21-14-5-2-10(18)6-15(14)23(26)27/h2-7,9,22H,8H2,1H3,(H,21,24). The molecule has 31 heavy (non-hydrogen) atoms. The highest BCUT2D eigenvalue weighted by molar-refractivity contribution is 7.89. The maximum absolute atomic E-state index is 12.3. The molecule has 2 aromatic carbocycles. The van der Waals surface area contributed by atoms with Crippen molar-refractivity contribution in [3.8, 4) is 0 Å². The molecule has 0 saturated heterocycles. The van der Waals surface area contributed by atoms with E-state index in [9.17, 15) is 28.1 Å². The van der Waals surface area contributed by atoms with Crippen LogP contribution in [-0.2, 0) is 24.3 Å². The number of nitrogens with zero attached hydrogens (tertiary/aromatic N) is 1. The van der Waals surface area contributed by atoms with E-state index in [2.05, 4.69) is 10.0 Å². The van der Waals surface area contributed by atoms with Gasteiger partial charge in [-0.3, -0.25) is 19.7 Å². The Labute approximate surface area is 191 Å². The van der Waals surface area contributed by atoms with Crippen LogP contribution in [0.15, 0.2) is 41.3 Å². The van der Waals surface area contributed by atoms with Gasteiger partial charge in [-0.1, -0.05) is 34.8 Å². The van der Waals surface area contributed by atoms with E-state index in [1.165, 1.54) is 31.2 Å². The molecule has 0 aliphatic heterocycles. The van der Waals surface area contributed by atoms with Gasteiger partial charge in [-0.05, 0) is 37.3 Å². The number of carbonyl (C=O) groups excluding carboxylic acids is 2. The fourth-order valence-corrected chi connectivity index (χ4v) is 3.95. The molecule has 2 N–H and O–H groups in total. The fraction of sp³-hybridized carbons (Fsp3) is 0.176. The van der Waals surface area contributed by atoms with E-state index < -0.39 is 45.2 Å². The van der Waals surface area contributed by atoms with Gasteiger partial charge in [0.05, 0.1) is 19.9 Å². The van der Waals surface area contributed by atoms with Crippen molar-refractivity contribution in [1.29, 1.82) is 0 Å². The van der Waals surface area contributed by atoms with E-state index >= 15 is 0 Å². The van der Waals surface area contributed by atoms with Gasteiger partial charge in [-0.25, -0.2) is 8.42 Å². The van der Waals surface area contributed by atoms with Crippen LogP contribution in [0.25, 0.3) is 0 Å². The zero-order valence-corrected chi connectivity index (χ0v) is 18.7. The van der Waals surface area contributed by atoms with Crippen LogP contribution in [0.1, 0.15) is 6.92 Å². The summed E-state index contributed by atoms with van der Waals surface area (Å²) in [6, 6.07) is 5.82. The minimum atomic E-state index is -4.13. The molecular weight excluding hydrogens is 497 g/mol. The third-order valence-corrected chi connectivity index (χ3v) is 6.18. The summed E-state index contributed by atoms with van der Waals surface area (Å²) in [4.78, 5) is 34.1. The number of benzene rings is 2. The Bertz CT molecular complexity index is 1140. The van der Waals surface area contributed by atoms with Crippen molar-refractivity contribution >= 4 is 68.1 Å². The highest BCUT2D eigenvalue weighted by Crippen LogP contribution is 2.28. The molecule has 10 nitrogen and oxygen atoms in total. The summed E-state index contributed by atoms with van der Waals surface area (Å²) in [5.74, 6) is -1.93. The summed E-state index contributed by atoms with van der Waals surface area (Å²) in [5.41, 5.74) is -0.598. The Balaban J connectivity index is 1.97. The van der Waals surface area contributed by atoms with Crippen LogP contribution in [-0.4, -0.2) is 37.9 Å². The van der Waals surface area contributed by atoms with Crippen molar-refractivity contribution < 1.29 is 27.7 Å². The number of ether oxygens (including phenoxy) is 1. The third-order valence-electron chi connectivity index (χ3n) is 3.66. The number of anilines is 1. The monoisotopic (exact) mass is 509 g/mol. The number of amides is 1. The molecule has 0 radical (unpaired) electrons. The molecule has 166 valence electrons. The van der Waals surface area contributed by atoms with Crippen molar-refractivity contribution in [3.05, 3.63) is 61.6 Å². The Morgan fingerprint density at radius 3 is 2.42 bits per heavy atom. The lowest BCUT2D eigenvalue weighted by Gasteiger charge is -2.14. The lowest BCUT2D eigenvalue weighted by molar-refractivity contribution is -0.383. The highest BCUT2D eigenvalue weighted by Gasteiger charge is 2.25. The smallest absolute Gasteiger partial charge is 0.324 e.